The van der Waals surface area contributed by atoms with E-state index in [0.29, 0.717) is 23.2 Å². The van der Waals surface area contributed by atoms with Gasteiger partial charge >= 0.3 is 0 Å². The highest BCUT2D eigenvalue weighted by Gasteiger charge is 2.60. The van der Waals surface area contributed by atoms with Gasteiger partial charge in [0.2, 0.25) is 6.43 Å². The number of rotatable bonds is 8. The molecule has 208 valence electrons. The standard InChI is InChI=1S/C31H52F2O3/c1-19(12-15-29(4,5)35)21-10-11-22-20-8-9-24-26(34)25(36-18-28(2,3)27(32)33)14-17-31(24,7)23(20)13-16-30(21,22)6/h9,19-23,25-27,34-35H,8,10-18H2,1-7H3/t19-,20+,21?,22+,23+,25+,26-,30-,31-/m1/s1. The van der Waals surface area contributed by atoms with Gasteiger partial charge in [0.05, 0.1) is 18.3 Å². The molecule has 0 bridgehead atoms. The van der Waals surface area contributed by atoms with E-state index in [-0.39, 0.29) is 18.1 Å². The van der Waals surface area contributed by atoms with Crippen molar-refractivity contribution in [2.24, 2.45) is 45.8 Å². The number of aliphatic hydroxyl groups excluding tert-OH is 1. The Hall–Kier alpha value is -0.520. The lowest BCUT2D eigenvalue weighted by molar-refractivity contribution is -0.123. The van der Waals surface area contributed by atoms with E-state index in [1.165, 1.54) is 39.5 Å². The second kappa shape index (κ2) is 9.90. The molecule has 0 aromatic heterocycles. The molecular formula is C31H52F2O3. The number of hydrogen-bond donors (Lipinski definition) is 2. The molecular weight excluding hydrogens is 458 g/mol. The number of alkyl halides is 2. The molecule has 0 aromatic rings. The van der Waals surface area contributed by atoms with Gasteiger partial charge in [0.15, 0.2) is 0 Å². The second-order valence-corrected chi connectivity index (χ2v) is 14.9. The minimum atomic E-state index is -2.44. The van der Waals surface area contributed by atoms with Gasteiger partial charge in [-0.1, -0.05) is 40.7 Å². The molecule has 0 aliphatic heterocycles. The van der Waals surface area contributed by atoms with Crippen molar-refractivity contribution in [2.75, 3.05) is 6.61 Å². The van der Waals surface area contributed by atoms with Gasteiger partial charge < -0.3 is 14.9 Å². The van der Waals surface area contributed by atoms with Crippen LogP contribution in [0.1, 0.15) is 106 Å². The first-order chi connectivity index (χ1) is 16.6. The van der Waals surface area contributed by atoms with Crippen molar-refractivity contribution >= 4 is 0 Å². The third kappa shape index (κ3) is 5.07. The molecule has 4 aliphatic carbocycles. The summed E-state index contributed by atoms with van der Waals surface area (Å²) < 4.78 is 32.6. The summed E-state index contributed by atoms with van der Waals surface area (Å²) in [4.78, 5) is 0. The Morgan fingerprint density at radius 1 is 1.06 bits per heavy atom. The Labute approximate surface area is 218 Å². The smallest absolute Gasteiger partial charge is 0.245 e. The van der Waals surface area contributed by atoms with Crippen molar-refractivity contribution in [3.8, 4) is 0 Å². The Balaban J connectivity index is 1.47. The molecule has 4 aliphatic rings. The van der Waals surface area contributed by atoms with Crippen molar-refractivity contribution in [1.82, 2.24) is 0 Å². The first kappa shape index (κ1) is 28.5. The molecule has 36 heavy (non-hydrogen) atoms. The van der Waals surface area contributed by atoms with Gasteiger partial charge in [-0.15, -0.1) is 0 Å². The van der Waals surface area contributed by atoms with Crippen LogP contribution in [0.5, 0.6) is 0 Å². The minimum absolute atomic E-state index is 0.0215. The highest BCUT2D eigenvalue weighted by molar-refractivity contribution is 5.29. The quantitative estimate of drug-likeness (QED) is 0.335. The van der Waals surface area contributed by atoms with Crippen LogP contribution < -0.4 is 0 Å². The Bertz CT molecular complexity index is 817. The first-order valence-electron chi connectivity index (χ1n) is 14.6. The van der Waals surface area contributed by atoms with Crippen LogP contribution in [-0.4, -0.2) is 41.1 Å². The molecule has 4 rings (SSSR count). The molecule has 0 radical (unpaired) electrons. The average Bonchev–Trinajstić information content (AvgIpc) is 3.13. The van der Waals surface area contributed by atoms with Crippen LogP contribution in [0.15, 0.2) is 11.6 Å². The van der Waals surface area contributed by atoms with Crippen LogP contribution in [0.2, 0.25) is 0 Å². The zero-order valence-corrected chi connectivity index (χ0v) is 23.8. The van der Waals surface area contributed by atoms with E-state index in [1.807, 2.05) is 13.8 Å². The number of aliphatic hydroxyl groups is 2. The Morgan fingerprint density at radius 2 is 1.75 bits per heavy atom. The molecule has 9 atom stereocenters. The second-order valence-electron chi connectivity index (χ2n) is 14.9. The monoisotopic (exact) mass is 510 g/mol. The lowest BCUT2D eigenvalue weighted by atomic mass is 9.46. The summed E-state index contributed by atoms with van der Waals surface area (Å²) >= 11 is 0. The Kier molecular flexibility index (Phi) is 7.83. The lowest BCUT2D eigenvalue weighted by Gasteiger charge is -2.59. The fourth-order valence-electron chi connectivity index (χ4n) is 9.02. The largest absolute Gasteiger partial charge is 0.390 e. The molecule has 0 amide bonds. The van der Waals surface area contributed by atoms with Crippen LogP contribution in [0, 0.1) is 45.8 Å². The highest BCUT2D eigenvalue weighted by atomic mass is 19.3. The number of fused-ring (bicyclic) bond motifs is 5. The lowest BCUT2D eigenvalue weighted by Crippen LogP contribution is -2.54. The van der Waals surface area contributed by atoms with Gasteiger partial charge in [-0.05, 0) is 118 Å². The van der Waals surface area contributed by atoms with Crippen molar-refractivity contribution in [3.63, 3.8) is 0 Å². The van der Waals surface area contributed by atoms with E-state index in [4.69, 9.17) is 4.74 Å². The topological polar surface area (TPSA) is 49.7 Å². The van der Waals surface area contributed by atoms with E-state index < -0.39 is 23.5 Å². The molecule has 0 spiro atoms. The fraction of sp³-hybridized carbons (Fsp3) is 0.935. The van der Waals surface area contributed by atoms with Crippen LogP contribution in [0.25, 0.3) is 0 Å². The van der Waals surface area contributed by atoms with E-state index >= 15 is 0 Å². The van der Waals surface area contributed by atoms with Gasteiger partial charge in [-0.3, -0.25) is 0 Å². The first-order valence-corrected chi connectivity index (χ1v) is 14.6. The minimum Gasteiger partial charge on any atom is -0.390 e. The van der Waals surface area contributed by atoms with Crippen molar-refractivity contribution in [3.05, 3.63) is 11.6 Å². The summed E-state index contributed by atoms with van der Waals surface area (Å²) in [6.45, 7) is 14.2. The van der Waals surface area contributed by atoms with Gasteiger partial charge in [-0.25, -0.2) is 8.78 Å². The molecule has 3 fully saturated rings. The van der Waals surface area contributed by atoms with Crippen LogP contribution >= 0.6 is 0 Å². The van der Waals surface area contributed by atoms with E-state index in [9.17, 15) is 19.0 Å². The highest BCUT2D eigenvalue weighted by Crippen LogP contribution is 2.67. The summed E-state index contributed by atoms with van der Waals surface area (Å²) in [6.07, 6.45) is 8.50. The zero-order chi connectivity index (χ0) is 26.7. The predicted octanol–water partition coefficient (Wildman–Crippen LogP) is 7.40. The normalized spacial score (nSPS) is 41.9. The SMILES string of the molecule is C[C@H](CCC(C)(C)O)C1CC[C@H]2[C@@H]3CC=C4[C@@H](O)[C@@H](OCC(C)(C)C(F)F)CC[C@]4(C)[C@H]3CC[C@]12C. The van der Waals surface area contributed by atoms with Crippen molar-refractivity contribution in [1.29, 1.82) is 0 Å². The maximum absolute atomic E-state index is 13.3. The van der Waals surface area contributed by atoms with Crippen LogP contribution in [0.3, 0.4) is 0 Å². The number of hydrogen-bond acceptors (Lipinski definition) is 3. The van der Waals surface area contributed by atoms with Crippen molar-refractivity contribution < 1.29 is 23.7 Å². The fourth-order valence-corrected chi connectivity index (χ4v) is 9.02. The zero-order valence-electron chi connectivity index (χ0n) is 23.8. The molecule has 0 heterocycles. The summed E-state index contributed by atoms with van der Waals surface area (Å²) in [6, 6.07) is 0. The maximum Gasteiger partial charge on any atom is 0.245 e. The average molecular weight is 511 g/mol. The Morgan fingerprint density at radius 3 is 2.39 bits per heavy atom. The summed E-state index contributed by atoms with van der Waals surface area (Å²) in [5.74, 6) is 3.30. The molecule has 2 N–H and O–H groups in total. The van der Waals surface area contributed by atoms with E-state index in [1.54, 1.807) is 0 Å². The molecule has 0 aromatic carbocycles. The molecule has 0 saturated heterocycles. The molecule has 3 nitrogen and oxygen atoms in total. The summed E-state index contributed by atoms with van der Waals surface area (Å²) in [7, 11) is 0. The molecule has 1 unspecified atom stereocenters. The van der Waals surface area contributed by atoms with Gasteiger partial charge in [0.25, 0.3) is 0 Å². The summed E-state index contributed by atoms with van der Waals surface area (Å²) in [5, 5.41) is 21.6. The van der Waals surface area contributed by atoms with Crippen LogP contribution in [-0.2, 0) is 4.74 Å². The van der Waals surface area contributed by atoms with E-state index in [0.717, 1.165) is 49.5 Å². The summed E-state index contributed by atoms with van der Waals surface area (Å²) in [5.41, 5.74) is -0.341. The van der Waals surface area contributed by atoms with Gasteiger partial charge in [-0.2, -0.15) is 0 Å². The van der Waals surface area contributed by atoms with Gasteiger partial charge in [0, 0.05) is 5.41 Å². The number of allylic oxidation sites excluding steroid dienone is 1. The third-order valence-electron chi connectivity index (χ3n) is 11.4. The van der Waals surface area contributed by atoms with E-state index in [2.05, 4.69) is 26.8 Å². The number of halogens is 2. The van der Waals surface area contributed by atoms with Crippen LogP contribution in [0.4, 0.5) is 8.78 Å². The predicted molar refractivity (Wildman–Crippen MR) is 141 cm³/mol. The number of ether oxygens (including phenoxy) is 1. The molecule has 3 saturated carbocycles. The maximum atomic E-state index is 13.3. The third-order valence-corrected chi connectivity index (χ3v) is 11.4. The molecule has 5 heteroatoms. The van der Waals surface area contributed by atoms with Gasteiger partial charge in [0.1, 0.15) is 6.10 Å². The van der Waals surface area contributed by atoms with Crippen molar-refractivity contribution in [2.45, 2.75) is 130 Å².